The molecule has 1 aromatic carbocycles. The first-order valence-corrected chi connectivity index (χ1v) is 5.89. The number of aromatic nitrogens is 1. The minimum absolute atomic E-state index is 0.209. The molecule has 0 spiro atoms. The first-order chi connectivity index (χ1) is 9.49. The van der Waals surface area contributed by atoms with Gasteiger partial charge in [0.25, 0.3) is 0 Å². The largest absolute Gasteiger partial charge is 0.459 e. The Morgan fingerprint density at radius 2 is 1.95 bits per heavy atom. The number of hydrogen-bond acceptors (Lipinski definition) is 3. The van der Waals surface area contributed by atoms with Crippen LogP contribution in [0.5, 0.6) is 0 Å². The fourth-order valence-corrected chi connectivity index (χ4v) is 1.82. The number of halogens is 3. The second-order valence-corrected chi connectivity index (χ2v) is 4.55. The fourth-order valence-electron chi connectivity index (χ4n) is 1.82. The third-order valence-electron chi connectivity index (χ3n) is 3.03. The molecule has 1 saturated carbocycles. The van der Waals surface area contributed by atoms with E-state index in [1.54, 1.807) is 0 Å². The van der Waals surface area contributed by atoms with Gasteiger partial charge in [0.15, 0.2) is 17.5 Å². The normalized spacial score (nSPS) is 14.6. The first kappa shape index (κ1) is 12.7. The SMILES string of the molecule is O=C(OC1CC1)c1c[nH]c2c(F)c(F)c(F)cc2c1=O. The van der Waals surface area contributed by atoms with E-state index in [2.05, 4.69) is 4.98 Å². The van der Waals surface area contributed by atoms with E-state index in [0.717, 1.165) is 19.0 Å². The Morgan fingerprint density at radius 1 is 1.25 bits per heavy atom. The molecule has 0 bridgehead atoms. The van der Waals surface area contributed by atoms with Crippen LogP contribution in [0.3, 0.4) is 0 Å². The molecule has 1 fully saturated rings. The Hall–Kier alpha value is -2.31. The number of carbonyl (C=O) groups is 1. The van der Waals surface area contributed by atoms with Crippen LogP contribution in [0.15, 0.2) is 17.1 Å². The minimum atomic E-state index is -1.68. The number of benzene rings is 1. The van der Waals surface area contributed by atoms with Crippen molar-refractivity contribution in [3.8, 4) is 0 Å². The molecular weight excluding hydrogens is 275 g/mol. The summed E-state index contributed by atoms with van der Waals surface area (Å²) in [4.78, 5) is 26.0. The molecule has 1 aliphatic rings. The van der Waals surface area contributed by atoms with Gasteiger partial charge < -0.3 is 9.72 Å². The van der Waals surface area contributed by atoms with Crippen molar-refractivity contribution in [3.05, 3.63) is 45.5 Å². The van der Waals surface area contributed by atoms with Gasteiger partial charge in [0, 0.05) is 6.20 Å². The Kier molecular flexibility index (Phi) is 2.77. The predicted molar refractivity (Wildman–Crippen MR) is 62.9 cm³/mol. The summed E-state index contributed by atoms with van der Waals surface area (Å²) < 4.78 is 44.7. The molecule has 0 amide bonds. The lowest BCUT2D eigenvalue weighted by Gasteiger charge is -2.05. The van der Waals surface area contributed by atoms with Crippen LogP contribution >= 0.6 is 0 Å². The van der Waals surface area contributed by atoms with Crippen molar-refractivity contribution in [2.24, 2.45) is 0 Å². The number of H-pyrrole nitrogens is 1. The van der Waals surface area contributed by atoms with Gasteiger partial charge in [-0.2, -0.15) is 0 Å². The summed E-state index contributed by atoms with van der Waals surface area (Å²) in [5.41, 5.74) is -1.76. The van der Waals surface area contributed by atoms with Gasteiger partial charge in [0.2, 0.25) is 5.43 Å². The van der Waals surface area contributed by atoms with Crippen LogP contribution in [0, 0.1) is 17.5 Å². The average molecular weight is 283 g/mol. The third kappa shape index (κ3) is 1.95. The molecule has 4 nitrogen and oxygen atoms in total. The van der Waals surface area contributed by atoms with Crippen molar-refractivity contribution in [1.82, 2.24) is 4.98 Å². The van der Waals surface area contributed by atoms with E-state index in [-0.39, 0.29) is 11.7 Å². The standard InChI is InChI=1S/C13H8F3NO3/c14-8-3-6-11(10(16)9(8)15)17-4-7(12(6)18)13(19)20-5-1-2-5/h3-5H,1-2H2,(H,17,18). The molecule has 0 radical (unpaired) electrons. The molecule has 0 aliphatic heterocycles. The quantitative estimate of drug-likeness (QED) is 0.679. The topological polar surface area (TPSA) is 59.2 Å². The maximum Gasteiger partial charge on any atom is 0.343 e. The van der Waals surface area contributed by atoms with E-state index in [0.29, 0.717) is 6.07 Å². The monoisotopic (exact) mass is 283 g/mol. The highest BCUT2D eigenvalue weighted by molar-refractivity contribution is 5.93. The lowest BCUT2D eigenvalue weighted by Crippen LogP contribution is -2.19. The Bertz CT molecular complexity index is 781. The van der Waals surface area contributed by atoms with Crippen LogP contribution in [-0.2, 0) is 4.74 Å². The van der Waals surface area contributed by atoms with Gasteiger partial charge in [-0.1, -0.05) is 0 Å². The first-order valence-electron chi connectivity index (χ1n) is 5.89. The van der Waals surface area contributed by atoms with Gasteiger partial charge >= 0.3 is 5.97 Å². The molecule has 0 atom stereocenters. The molecule has 1 aliphatic carbocycles. The molecular formula is C13H8F3NO3. The number of fused-ring (bicyclic) bond motifs is 1. The van der Waals surface area contributed by atoms with Crippen LogP contribution in [0.1, 0.15) is 23.2 Å². The molecule has 1 N–H and O–H groups in total. The van der Waals surface area contributed by atoms with E-state index >= 15 is 0 Å². The van der Waals surface area contributed by atoms with Gasteiger partial charge in [0.1, 0.15) is 11.7 Å². The van der Waals surface area contributed by atoms with Gasteiger partial charge in [-0.05, 0) is 18.9 Å². The van der Waals surface area contributed by atoms with Crippen LogP contribution in [0.2, 0.25) is 0 Å². The summed E-state index contributed by atoms with van der Waals surface area (Å²) in [5.74, 6) is -5.53. The van der Waals surface area contributed by atoms with E-state index < -0.39 is 39.8 Å². The van der Waals surface area contributed by atoms with E-state index in [1.807, 2.05) is 0 Å². The predicted octanol–water partition coefficient (Wildman–Crippen LogP) is 2.26. The average Bonchev–Trinajstić information content (AvgIpc) is 3.21. The molecule has 20 heavy (non-hydrogen) atoms. The van der Waals surface area contributed by atoms with Gasteiger partial charge in [-0.15, -0.1) is 0 Å². The number of pyridine rings is 1. The van der Waals surface area contributed by atoms with Crippen molar-refractivity contribution in [2.45, 2.75) is 18.9 Å². The highest BCUT2D eigenvalue weighted by Crippen LogP contribution is 2.25. The van der Waals surface area contributed by atoms with Crippen molar-refractivity contribution in [3.63, 3.8) is 0 Å². The summed E-state index contributed by atoms with van der Waals surface area (Å²) in [6.07, 6.45) is 2.19. The van der Waals surface area contributed by atoms with Crippen LogP contribution in [0.25, 0.3) is 10.9 Å². The lowest BCUT2D eigenvalue weighted by atomic mass is 10.1. The molecule has 104 valence electrons. The summed E-state index contributed by atoms with van der Waals surface area (Å²) in [7, 11) is 0. The summed E-state index contributed by atoms with van der Waals surface area (Å²) in [6, 6.07) is 0.556. The van der Waals surface area contributed by atoms with Crippen LogP contribution in [0.4, 0.5) is 13.2 Å². The zero-order valence-electron chi connectivity index (χ0n) is 10.0. The van der Waals surface area contributed by atoms with Crippen molar-refractivity contribution < 1.29 is 22.7 Å². The second kappa shape index (κ2) is 4.36. The highest BCUT2D eigenvalue weighted by Gasteiger charge is 2.28. The molecule has 0 unspecified atom stereocenters. The summed E-state index contributed by atoms with van der Waals surface area (Å²) >= 11 is 0. The minimum Gasteiger partial charge on any atom is -0.459 e. The number of rotatable bonds is 2. The number of esters is 1. The number of hydrogen-bond donors (Lipinski definition) is 1. The number of nitrogens with one attached hydrogen (secondary N) is 1. The Labute approximate surface area is 110 Å². The number of ether oxygens (including phenoxy) is 1. The number of aromatic amines is 1. The molecule has 1 aromatic heterocycles. The van der Waals surface area contributed by atoms with Gasteiger partial charge in [0.05, 0.1) is 10.9 Å². The fraction of sp³-hybridized carbons (Fsp3) is 0.231. The smallest absolute Gasteiger partial charge is 0.343 e. The maximum absolute atomic E-state index is 13.5. The summed E-state index contributed by atoms with van der Waals surface area (Å²) in [5, 5.41) is -0.438. The van der Waals surface area contributed by atoms with Crippen LogP contribution < -0.4 is 5.43 Å². The van der Waals surface area contributed by atoms with Gasteiger partial charge in [-0.25, -0.2) is 18.0 Å². The molecule has 3 rings (SSSR count). The van der Waals surface area contributed by atoms with Crippen LogP contribution in [-0.4, -0.2) is 17.1 Å². The van der Waals surface area contributed by atoms with E-state index in [4.69, 9.17) is 4.74 Å². The summed E-state index contributed by atoms with van der Waals surface area (Å²) in [6.45, 7) is 0. The van der Waals surface area contributed by atoms with Gasteiger partial charge in [-0.3, -0.25) is 4.79 Å². The zero-order chi connectivity index (χ0) is 14.4. The Morgan fingerprint density at radius 3 is 2.60 bits per heavy atom. The van der Waals surface area contributed by atoms with Crippen molar-refractivity contribution in [2.75, 3.05) is 0 Å². The van der Waals surface area contributed by atoms with Crippen molar-refractivity contribution in [1.29, 1.82) is 0 Å². The third-order valence-corrected chi connectivity index (χ3v) is 3.03. The van der Waals surface area contributed by atoms with E-state index in [9.17, 15) is 22.8 Å². The molecule has 1 heterocycles. The molecule has 7 heteroatoms. The second-order valence-electron chi connectivity index (χ2n) is 4.55. The van der Waals surface area contributed by atoms with Crippen molar-refractivity contribution >= 4 is 16.9 Å². The molecule has 0 saturated heterocycles. The number of carbonyl (C=O) groups excluding carboxylic acids is 1. The maximum atomic E-state index is 13.5. The lowest BCUT2D eigenvalue weighted by molar-refractivity contribution is 0.0470. The Balaban J connectivity index is 2.17. The zero-order valence-corrected chi connectivity index (χ0v) is 10.0. The molecule has 2 aromatic rings. The highest BCUT2D eigenvalue weighted by atomic mass is 19.2. The van der Waals surface area contributed by atoms with E-state index in [1.165, 1.54) is 0 Å².